The summed E-state index contributed by atoms with van der Waals surface area (Å²) < 4.78 is 23.7. The SMILES string of the molecule is CCCCOC(=O)c1ccc(NC(=O)[C@@H](CC)Oc2ccc(F)cc2)cc1. The number of rotatable bonds is 9. The van der Waals surface area contributed by atoms with Crippen LogP contribution in [0, 0.1) is 5.82 Å². The molecule has 6 heteroatoms. The van der Waals surface area contributed by atoms with Gasteiger partial charge in [-0.1, -0.05) is 20.3 Å². The second-order valence-electron chi connectivity index (χ2n) is 6.02. The average Bonchev–Trinajstić information content (AvgIpc) is 2.68. The number of halogens is 1. The van der Waals surface area contributed by atoms with Crippen molar-refractivity contribution in [2.75, 3.05) is 11.9 Å². The smallest absolute Gasteiger partial charge is 0.338 e. The van der Waals surface area contributed by atoms with Gasteiger partial charge in [-0.2, -0.15) is 0 Å². The van der Waals surface area contributed by atoms with Crippen molar-refractivity contribution >= 4 is 17.6 Å². The summed E-state index contributed by atoms with van der Waals surface area (Å²) in [5.74, 6) is -0.649. The van der Waals surface area contributed by atoms with Crippen LogP contribution < -0.4 is 10.1 Å². The Hall–Kier alpha value is -2.89. The number of esters is 1. The van der Waals surface area contributed by atoms with Gasteiger partial charge < -0.3 is 14.8 Å². The summed E-state index contributed by atoms with van der Waals surface area (Å²) in [4.78, 5) is 24.3. The molecule has 0 spiro atoms. The highest BCUT2D eigenvalue weighted by molar-refractivity contribution is 5.95. The number of benzene rings is 2. The van der Waals surface area contributed by atoms with Gasteiger partial charge in [-0.25, -0.2) is 9.18 Å². The molecule has 144 valence electrons. The summed E-state index contributed by atoms with van der Waals surface area (Å²) in [5, 5.41) is 2.75. The maximum atomic E-state index is 13.0. The summed E-state index contributed by atoms with van der Waals surface area (Å²) in [6.45, 7) is 4.24. The predicted octanol–water partition coefficient (Wildman–Crippen LogP) is 4.58. The van der Waals surface area contributed by atoms with E-state index in [4.69, 9.17) is 9.47 Å². The van der Waals surface area contributed by atoms with Crippen LogP contribution in [0.25, 0.3) is 0 Å². The monoisotopic (exact) mass is 373 g/mol. The second kappa shape index (κ2) is 10.3. The van der Waals surface area contributed by atoms with Gasteiger partial charge in [-0.15, -0.1) is 0 Å². The fraction of sp³-hybridized carbons (Fsp3) is 0.333. The molecule has 5 nitrogen and oxygen atoms in total. The lowest BCUT2D eigenvalue weighted by molar-refractivity contribution is -0.122. The Morgan fingerprint density at radius 2 is 1.70 bits per heavy atom. The lowest BCUT2D eigenvalue weighted by atomic mass is 10.2. The zero-order valence-electron chi connectivity index (χ0n) is 15.5. The van der Waals surface area contributed by atoms with Crippen LogP contribution >= 0.6 is 0 Å². The third-order valence-electron chi connectivity index (χ3n) is 3.87. The Kier molecular flexibility index (Phi) is 7.79. The highest BCUT2D eigenvalue weighted by atomic mass is 19.1. The van der Waals surface area contributed by atoms with Crippen molar-refractivity contribution in [1.82, 2.24) is 0 Å². The van der Waals surface area contributed by atoms with Crippen LogP contribution in [0.3, 0.4) is 0 Å². The van der Waals surface area contributed by atoms with E-state index in [1.807, 2.05) is 13.8 Å². The summed E-state index contributed by atoms with van der Waals surface area (Å²) >= 11 is 0. The number of carbonyl (C=O) groups excluding carboxylic acids is 2. The van der Waals surface area contributed by atoms with Crippen LogP contribution in [-0.2, 0) is 9.53 Å². The molecule has 0 fully saturated rings. The van der Waals surface area contributed by atoms with Crippen LogP contribution in [0.15, 0.2) is 48.5 Å². The topological polar surface area (TPSA) is 64.6 Å². The largest absolute Gasteiger partial charge is 0.481 e. The standard InChI is InChI=1S/C21H24FNO4/c1-3-5-14-26-21(25)15-6-10-17(11-7-15)23-20(24)19(4-2)27-18-12-8-16(22)9-13-18/h6-13,19H,3-5,14H2,1-2H3,(H,23,24)/t19-/m1/s1. The van der Waals surface area contributed by atoms with E-state index in [2.05, 4.69) is 5.32 Å². The van der Waals surface area contributed by atoms with Crippen LogP contribution in [-0.4, -0.2) is 24.6 Å². The minimum Gasteiger partial charge on any atom is -0.481 e. The van der Waals surface area contributed by atoms with E-state index in [1.165, 1.54) is 24.3 Å². The molecule has 0 radical (unpaired) electrons. The van der Waals surface area contributed by atoms with Crippen molar-refractivity contribution in [2.45, 2.75) is 39.2 Å². The first-order valence-electron chi connectivity index (χ1n) is 9.03. The molecule has 0 aromatic heterocycles. The minimum atomic E-state index is -0.714. The first-order chi connectivity index (χ1) is 13.0. The Morgan fingerprint density at radius 1 is 1.04 bits per heavy atom. The molecule has 2 aromatic carbocycles. The number of hydrogen-bond donors (Lipinski definition) is 1. The number of carbonyl (C=O) groups is 2. The van der Waals surface area contributed by atoms with Gasteiger partial charge in [0, 0.05) is 5.69 Å². The number of anilines is 1. The lowest BCUT2D eigenvalue weighted by Gasteiger charge is -2.17. The molecular formula is C21H24FNO4. The minimum absolute atomic E-state index is 0.319. The number of nitrogens with one attached hydrogen (secondary N) is 1. The highest BCUT2D eigenvalue weighted by Crippen LogP contribution is 2.16. The first kappa shape index (κ1) is 20.4. The van der Waals surface area contributed by atoms with Gasteiger partial charge in [-0.05, 0) is 61.4 Å². The van der Waals surface area contributed by atoms with Gasteiger partial charge in [0.1, 0.15) is 11.6 Å². The van der Waals surface area contributed by atoms with Crippen LogP contribution in [0.4, 0.5) is 10.1 Å². The predicted molar refractivity (Wildman–Crippen MR) is 101 cm³/mol. The van der Waals surface area contributed by atoms with Crippen LogP contribution in [0.1, 0.15) is 43.5 Å². The maximum absolute atomic E-state index is 13.0. The molecule has 0 bridgehead atoms. The fourth-order valence-electron chi connectivity index (χ4n) is 2.30. The normalized spacial score (nSPS) is 11.5. The second-order valence-corrected chi connectivity index (χ2v) is 6.02. The number of ether oxygens (including phenoxy) is 2. The zero-order chi connectivity index (χ0) is 19.6. The van der Waals surface area contributed by atoms with Crippen molar-refractivity contribution in [2.24, 2.45) is 0 Å². The third kappa shape index (κ3) is 6.40. The summed E-state index contributed by atoms with van der Waals surface area (Å²) in [6.07, 6.45) is 1.52. The molecule has 2 rings (SSSR count). The summed E-state index contributed by atoms with van der Waals surface area (Å²) in [5.41, 5.74) is 0.977. The van der Waals surface area contributed by atoms with Gasteiger partial charge in [0.2, 0.25) is 0 Å². The number of amides is 1. The van der Waals surface area contributed by atoms with Crippen LogP contribution in [0.5, 0.6) is 5.75 Å². The van der Waals surface area contributed by atoms with Gasteiger partial charge in [0.15, 0.2) is 6.10 Å². The molecule has 0 unspecified atom stereocenters. The van der Waals surface area contributed by atoms with Gasteiger partial charge >= 0.3 is 5.97 Å². The molecule has 1 atom stereocenters. The molecular weight excluding hydrogens is 349 g/mol. The summed E-state index contributed by atoms with van der Waals surface area (Å²) in [6, 6.07) is 12.0. The molecule has 0 aliphatic rings. The van der Waals surface area contributed by atoms with Crippen LogP contribution in [0.2, 0.25) is 0 Å². The van der Waals surface area contributed by atoms with Gasteiger partial charge in [0.05, 0.1) is 12.2 Å². The Labute approximate surface area is 158 Å². The lowest BCUT2D eigenvalue weighted by Crippen LogP contribution is -2.32. The maximum Gasteiger partial charge on any atom is 0.338 e. The Morgan fingerprint density at radius 3 is 2.30 bits per heavy atom. The van der Waals surface area contributed by atoms with Crippen molar-refractivity contribution < 1.29 is 23.5 Å². The van der Waals surface area contributed by atoms with Crippen molar-refractivity contribution in [3.8, 4) is 5.75 Å². The summed E-state index contributed by atoms with van der Waals surface area (Å²) in [7, 11) is 0. The van der Waals surface area contributed by atoms with E-state index in [0.29, 0.717) is 30.0 Å². The van der Waals surface area contributed by atoms with E-state index < -0.39 is 6.10 Å². The number of unbranched alkanes of at least 4 members (excludes halogenated alkanes) is 1. The molecule has 2 aromatic rings. The van der Waals surface area contributed by atoms with Gasteiger partial charge in [0.25, 0.3) is 5.91 Å². The van der Waals surface area contributed by atoms with Crippen molar-refractivity contribution in [3.63, 3.8) is 0 Å². The molecule has 0 heterocycles. The van der Waals surface area contributed by atoms with E-state index in [0.717, 1.165) is 12.8 Å². The molecule has 0 saturated carbocycles. The first-order valence-corrected chi connectivity index (χ1v) is 9.03. The molecule has 0 saturated heterocycles. The molecule has 1 N–H and O–H groups in total. The fourth-order valence-corrected chi connectivity index (χ4v) is 2.30. The van der Waals surface area contributed by atoms with Crippen molar-refractivity contribution in [1.29, 1.82) is 0 Å². The Bertz CT molecular complexity index is 744. The van der Waals surface area contributed by atoms with E-state index in [9.17, 15) is 14.0 Å². The quantitative estimate of drug-likeness (QED) is 0.516. The van der Waals surface area contributed by atoms with E-state index in [1.54, 1.807) is 24.3 Å². The third-order valence-corrected chi connectivity index (χ3v) is 3.87. The van der Waals surface area contributed by atoms with Gasteiger partial charge in [-0.3, -0.25) is 4.79 Å². The molecule has 0 aliphatic heterocycles. The molecule has 0 aliphatic carbocycles. The average molecular weight is 373 g/mol. The molecule has 27 heavy (non-hydrogen) atoms. The van der Waals surface area contributed by atoms with E-state index >= 15 is 0 Å². The molecule has 1 amide bonds. The van der Waals surface area contributed by atoms with E-state index in [-0.39, 0.29) is 17.7 Å². The number of hydrogen-bond acceptors (Lipinski definition) is 4. The van der Waals surface area contributed by atoms with Crippen molar-refractivity contribution in [3.05, 3.63) is 59.9 Å². The Balaban J connectivity index is 1.93. The highest BCUT2D eigenvalue weighted by Gasteiger charge is 2.19. The zero-order valence-corrected chi connectivity index (χ0v) is 15.5.